The first-order valence-electron chi connectivity index (χ1n) is 6.09. The highest BCUT2D eigenvalue weighted by Crippen LogP contribution is 2.23. The molecule has 0 unspecified atom stereocenters. The van der Waals surface area contributed by atoms with E-state index in [1.54, 1.807) is 6.07 Å². The van der Waals surface area contributed by atoms with Crippen molar-refractivity contribution in [1.82, 2.24) is 5.32 Å². The average molecular weight is 264 g/mol. The number of methoxy groups -OCH3 is 1. The molecule has 19 heavy (non-hydrogen) atoms. The van der Waals surface area contributed by atoms with Crippen molar-refractivity contribution in [2.45, 2.75) is 25.3 Å². The SMILES string of the molecule is COc1ccc(NC(=O)NC2CCC2)c(C(=O)O)c1. The molecule has 2 rings (SSSR count). The predicted molar refractivity (Wildman–Crippen MR) is 69.7 cm³/mol. The lowest BCUT2D eigenvalue weighted by Gasteiger charge is -2.26. The number of hydrogen-bond acceptors (Lipinski definition) is 3. The summed E-state index contributed by atoms with van der Waals surface area (Å²) < 4.78 is 4.96. The monoisotopic (exact) mass is 264 g/mol. The van der Waals surface area contributed by atoms with Gasteiger partial charge >= 0.3 is 12.0 Å². The molecule has 102 valence electrons. The smallest absolute Gasteiger partial charge is 0.337 e. The maximum atomic E-state index is 11.7. The zero-order valence-electron chi connectivity index (χ0n) is 10.6. The van der Waals surface area contributed by atoms with E-state index in [4.69, 9.17) is 9.84 Å². The van der Waals surface area contributed by atoms with Crippen molar-refractivity contribution >= 4 is 17.7 Å². The standard InChI is InChI=1S/C13H16N2O4/c1-19-9-5-6-11(10(7-9)12(16)17)15-13(18)14-8-3-2-4-8/h5-8H,2-4H2,1H3,(H,16,17)(H2,14,15,18). The highest BCUT2D eigenvalue weighted by atomic mass is 16.5. The van der Waals surface area contributed by atoms with Gasteiger partial charge in [0.05, 0.1) is 18.4 Å². The van der Waals surface area contributed by atoms with Gasteiger partial charge in [0.2, 0.25) is 0 Å². The molecule has 0 bridgehead atoms. The van der Waals surface area contributed by atoms with Crippen molar-refractivity contribution in [2.24, 2.45) is 0 Å². The first-order valence-corrected chi connectivity index (χ1v) is 6.09. The molecular weight excluding hydrogens is 248 g/mol. The van der Waals surface area contributed by atoms with Crippen molar-refractivity contribution < 1.29 is 19.4 Å². The summed E-state index contributed by atoms with van der Waals surface area (Å²) in [6.07, 6.45) is 3.07. The fourth-order valence-electron chi connectivity index (χ4n) is 1.83. The second-order valence-electron chi connectivity index (χ2n) is 4.44. The van der Waals surface area contributed by atoms with Crippen LogP contribution in [-0.2, 0) is 0 Å². The number of aromatic carboxylic acids is 1. The zero-order valence-corrected chi connectivity index (χ0v) is 10.6. The molecule has 1 aliphatic rings. The van der Waals surface area contributed by atoms with Crippen molar-refractivity contribution in [3.8, 4) is 5.75 Å². The summed E-state index contributed by atoms with van der Waals surface area (Å²) >= 11 is 0. The van der Waals surface area contributed by atoms with Crippen molar-refractivity contribution in [1.29, 1.82) is 0 Å². The van der Waals surface area contributed by atoms with Gasteiger partial charge in [0.15, 0.2) is 0 Å². The average Bonchev–Trinajstić information content (AvgIpc) is 2.34. The molecule has 0 radical (unpaired) electrons. The van der Waals surface area contributed by atoms with Gasteiger partial charge in [0.25, 0.3) is 0 Å². The minimum atomic E-state index is -1.11. The van der Waals surface area contributed by atoms with Gasteiger partial charge in [-0.2, -0.15) is 0 Å². The van der Waals surface area contributed by atoms with Crippen LogP contribution in [-0.4, -0.2) is 30.3 Å². The number of hydrogen-bond donors (Lipinski definition) is 3. The first kappa shape index (κ1) is 13.2. The third-order valence-electron chi connectivity index (χ3n) is 3.15. The lowest BCUT2D eigenvalue weighted by molar-refractivity contribution is 0.0697. The minimum absolute atomic E-state index is 0.00288. The summed E-state index contributed by atoms with van der Waals surface area (Å²) in [5.74, 6) is -0.680. The zero-order chi connectivity index (χ0) is 13.8. The van der Waals surface area contributed by atoms with Gasteiger partial charge in [0, 0.05) is 6.04 Å². The van der Waals surface area contributed by atoms with E-state index in [1.807, 2.05) is 0 Å². The number of rotatable bonds is 4. The number of urea groups is 1. The Balaban J connectivity index is 2.09. The summed E-state index contributed by atoms with van der Waals surface area (Å²) in [6, 6.07) is 4.32. The molecule has 0 heterocycles. The summed E-state index contributed by atoms with van der Waals surface area (Å²) in [5.41, 5.74) is 0.258. The number of carboxylic acid groups (broad SMARTS) is 1. The Kier molecular flexibility index (Phi) is 3.89. The Bertz CT molecular complexity index is 497. The van der Waals surface area contributed by atoms with E-state index in [0.29, 0.717) is 5.75 Å². The van der Waals surface area contributed by atoms with E-state index in [9.17, 15) is 9.59 Å². The molecule has 0 spiro atoms. The van der Waals surface area contributed by atoms with Gasteiger partial charge < -0.3 is 20.5 Å². The Morgan fingerprint density at radius 2 is 2.11 bits per heavy atom. The number of benzene rings is 1. The number of nitrogens with one attached hydrogen (secondary N) is 2. The third-order valence-corrected chi connectivity index (χ3v) is 3.15. The van der Waals surface area contributed by atoms with Gasteiger partial charge in [0.1, 0.15) is 5.75 Å². The second kappa shape index (κ2) is 5.60. The van der Waals surface area contributed by atoms with Crippen LogP contribution in [0.4, 0.5) is 10.5 Å². The predicted octanol–water partition coefficient (Wildman–Crippen LogP) is 2.07. The topological polar surface area (TPSA) is 87.7 Å². The first-order chi connectivity index (χ1) is 9.10. The van der Waals surface area contributed by atoms with E-state index in [1.165, 1.54) is 19.2 Å². The van der Waals surface area contributed by atoms with E-state index < -0.39 is 5.97 Å². The maximum absolute atomic E-state index is 11.7. The molecule has 6 nitrogen and oxygen atoms in total. The van der Waals surface area contributed by atoms with Crippen molar-refractivity contribution in [2.75, 3.05) is 12.4 Å². The molecule has 2 amide bonds. The molecule has 0 aliphatic heterocycles. The molecule has 6 heteroatoms. The van der Waals surface area contributed by atoms with Crippen LogP contribution in [0.25, 0.3) is 0 Å². The van der Waals surface area contributed by atoms with Crippen LogP contribution < -0.4 is 15.4 Å². The number of carbonyl (C=O) groups excluding carboxylic acids is 1. The molecule has 1 aromatic carbocycles. The second-order valence-corrected chi connectivity index (χ2v) is 4.44. The molecule has 0 aromatic heterocycles. The van der Waals surface area contributed by atoms with Crippen molar-refractivity contribution in [3.63, 3.8) is 0 Å². The van der Waals surface area contributed by atoms with Gasteiger partial charge in [-0.1, -0.05) is 0 Å². The lowest BCUT2D eigenvalue weighted by atomic mass is 9.93. The molecule has 0 atom stereocenters. The molecule has 1 aromatic rings. The fraction of sp³-hybridized carbons (Fsp3) is 0.385. The van der Waals surface area contributed by atoms with E-state index in [2.05, 4.69) is 10.6 Å². The summed E-state index contributed by atoms with van der Waals surface area (Å²) in [7, 11) is 1.46. The largest absolute Gasteiger partial charge is 0.497 e. The number of carboxylic acids is 1. The lowest BCUT2D eigenvalue weighted by Crippen LogP contribution is -2.42. The molecule has 1 aliphatic carbocycles. The number of anilines is 1. The van der Waals surface area contributed by atoms with E-state index in [0.717, 1.165) is 19.3 Å². The maximum Gasteiger partial charge on any atom is 0.337 e. The summed E-state index contributed by atoms with van der Waals surface area (Å²) in [6.45, 7) is 0. The quantitative estimate of drug-likeness (QED) is 0.776. The normalized spacial score (nSPS) is 14.4. The van der Waals surface area contributed by atoms with Crippen LogP contribution >= 0.6 is 0 Å². The van der Waals surface area contributed by atoms with Crippen LogP contribution in [0.15, 0.2) is 18.2 Å². The van der Waals surface area contributed by atoms with Gasteiger partial charge in [-0.25, -0.2) is 9.59 Å². The Morgan fingerprint density at radius 1 is 1.37 bits per heavy atom. The molecular formula is C13H16N2O4. The molecule has 0 saturated heterocycles. The molecule has 3 N–H and O–H groups in total. The van der Waals surface area contributed by atoms with Crippen LogP contribution in [0.2, 0.25) is 0 Å². The van der Waals surface area contributed by atoms with Crippen LogP contribution in [0.3, 0.4) is 0 Å². The van der Waals surface area contributed by atoms with Gasteiger partial charge in [-0.15, -0.1) is 0 Å². The highest BCUT2D eigenvalue weighted by Gasteiger charge is 2.20. The number of carbonyl (C=O) groups is 2. The van der Waals surface area contributed by atoms with Crippen molar-refractivity contribution in [3.05, 3.63) is 23.8 Å². The number of amides is 2. The Labute approximate surface area is 110 Å². The molecule has 1 saturated carbocycles. The van der Waals surface area contributed by atoms with Gasteiger partial charge in [-0.3, -0.25) is 0 Å². The van der Waals surface area contributed by atoms with Crippen LogP contribution in [0, 0.1) is 0 Å². The van der Waals surface area contributed by atoms with Gasteiger partial charge in [-0.05, 0) is 37.5 Å². The van der Waals surface area contributed by atoms with Crippen LogP contribution in [0.1, 0.15) is 29.6 Å². The third kappa shape index (κ3) is 3.15. The summed E-state index contributed by atoms with van der Waals surface area (Å²) in [5, 5.41) is 14.5. The minimum Gasteiger partial charge on any atom is -0.497 e. The fourth-order valence-corrected chi connectivity index (χ4v) is 1.83. The molecule has 1 fully saturated rings. The highest BCUT2D eigenvalue weighted by molar-refractivity contribution is 6.00. The van der Waals surface area contributed by atoms with Crippen LogP contribution in [0.5, 0.6) is 5.75 Å². The Hall–Kier alpha value is -2.24. The Morgan fingerprint density at radius 3 is 2.63 bits per heavy atom. The van der Waals surface area contributed by atoms with E-state index in [-0.39, 0.29) is 23.3 Å². The van der Waals surface area contributed by atoms with E-state index >= 15 is 0 Å². The number of ether oxygens (including phenoxy) is 1. The summed E-state index contributed by atoms with van der Waals surface area (Å²) in [4.78, 5) is 22.8.